The number of nitrogens with zero attached hydrogens (tertiary/aromatic N) is 4. The zero-order valence-corrected chi connectivity index (χ0v) is 17.6. The summed E-state index contributed by atoms with van der Waals surface area (Å²) in [5, 5.41) is 8.87. The first-order chi connectivity index (χ1) is 12.8. The smallest absolute Gasteiger partial charge is 0.191 e. The van der Waals surface area contributed by atoms with Gasteiger partial charge in [0, 0.05) is 28.7 Å². The Balaban J connectivity index is 1.84. The van der Waals surface area contributed by atoms with Crippen molar-refractivity contribution < 1.29 is 4.79 Å². The molecule has 0 saturated heterocycles. The van der Waals surface area contributed by atoms with Gasteiger partial charge in [-0.15, -0.1) is 10.2 Å². The average Bonchev–Trinajstić information content (AvgIpc) is 3.20. The Labute approximate surface area is 164 Å². The van der Waals surface area contributed by atoms with Gasteiger partial charge in [-0.25, -0.2) is 0 Å². The van der Waals surface area contributed by atoms with E-state index >= 15 is 0 Å². The third-order valence-corrected chi connectivity index (χ3v) is 5.87. The van der Waals surface area contributed by atoms with Crippen LogP contribution in [-0.2, 0) is 0 Å². The normalized spacial score (nSPS) is 11.4. The predicted molar refractivity (Wildman–Crippen MR) is 110 cm³/mol. The lowest BCUT2D eigenvalue weighted by Crippen LogP contribution is -2.07. The standard InChI is InChI=1S/C21H26N4OS/c1-13(2)24-12-22-23-21(24)27-11-20(26)19-10-16(5)25(17(19)6)18-8-7-14(3)15(4)9-18/h7-10,12-13H,11H2,1-6H3. The molecule has 0 aliphatic rings. The van der Waals surface area contributed by atoms with E-state index in [2.05, 4.69) is 60.7 Å². The largest absolute Gasteiger partial charge is 0.318 e. The first-order valence-corrected chi connectivity index (χ1v) is 10.1. The van der Waals surface area contributed by atoms with Crippen LogP contribution in [0.25, 0.3) is 5.69 Å². The molecule has 142 valence electrons. The van der Waals surface area contributed by atoms with E-state index < -0.39 is 0 Å². The maximum Gasteiger partial charge on any atom is 0.191 e. The fourth-order valence-corrected chi connectivity index (χ4v) is 4.13. The third kappa shape index (κ3) is 3.86. The Bertz CT molecular complexity index is 984. The summed E-state index contributed by atoms with van der Waals surface area (Å²) >= 11 is 1.44. The van der Waals surface area contributed by atoms with E-state index in [1.807, 2.05) is 24.5 Å². The van der Waals surface area contributed by atoms with Crippen molar-refractivity contribution in [3.8, 4) is 5.69 Å². The molecule has 6 heteroatoms. The fourth-order valence-electron chi connectivity index (χ4n) is 3.20. The number of aryl methyl sites for hydroxylation is 3. The van der Waals surface area contributed by atoms with E-state index in [1.54, 1.807) is 6.33 Å². The molecule has 0 N–H and O–H groups in total. The number of benzene rings is 1. The number of carbonyl (C=O) groups excluding carboxylic acids is 1. The zero-order chi connectivity index (χ0) is 19.7. The first kappa shape index (κ1) is 19.4. The Morgan fingerprint density at radius 3 is 2.52 bits per heavy atom. The molecule has 0 radical (unpaired) electrons. The molecule has 0 unspecified atom stereocenters. The molecular weight excluding hydrogens is 356 g/mol. The van der Waals surface area contributed by atoms with Crippen LogP contribution in [0.15, 0.2) is 35.7 Å². The molecule has 2 heterocycles. The molecule has 0 aliphatic heterocycles. The van der Waals surface area contributed by atoms with Crippen molar-refractivity contribution in [2.75, 3.05) is 5.75 Å². The Kier molecular flexibility index (Phi) is 5.56. The summed E-state index contributed by atoms with van der Waals surface area (Å²) in [5.41, 5.74) is 6.42. The second-order valence-electron chi connectivity index (χ2n) is 7.22. The molecule has 2 aromatic heterocycles. The van der Waals surface area contributed by atoms with Gasteiger partial charge in [0.2, 0.25) is 0 Å². The van der Waals surface area contributed by atoms with E-state index in [9.17, 15) is 4.79 Å². The highest BCUT2D eigenvalue weighted by Crippen LogP contribution is 2.25. The van der Waals surface area contributed by atoms with Crippen LogP contribution in [0, 0.1) is 27.7 Å². The van der Waals surface area contributed by atoms with Gasteiger partial charge < -0.3 is 9.13 Å². The summed E-state index contributed by atoms with van der Waals surface area (Å²) in [6, 6.07) is 8.66. The highest BCUT2D eigenvalue weighted by molar-refractivity contribution is 7.99. The van der Waals surface area contributed by atoms with Gasteiger partial charge in [-0.05, 0) is 70.9 Å². The summed E-state index contributed by atoms with van der Waals surface area (Å²) < 4.78 is 4.14. The molecule has 0 fully saturated rings. The number of ketones is 1. The van der Waals surface area contributed by atoms with Crippen LogP contribution in [0.1, 0.15) is 52.8 Å². The van der Waals surface area contributed by atoms with Gasteiger partial charge in [-0.1, -0.05) is 17.8 Å². The van der Waals surface area contributed by atoms with Crippen LogP contribution in [0.5, 0.6) is 0 Å². The molecule has 0 atom stereocenters. The number of aromatic nitrogens is 4. The van der Waals surface area contributed by atoms with Crippen molar-refractivity contribution in [3.63, 3.8) is 0 Å². The summed E-state index contributed by atoms with van der Waals surface area (Å²) in [7, 11) is 0. The second-order valence-corrected chi connectivity index (χ2v) is 8.16. The lowest BCUT2D eigenvalue weighted by molar-refractivity contribution is 0.102. The van der Waals surface area contributed by atoms with Gasteiger partial charge in [0.25, 0.3) is 0 Å². The summed E-state index contributed by atoms with van der Waals surface area (Å²) in [4.78, 5) is 12.9. The van der Waals surface area contributed by atoms with Gasteiger partial charge in [0.15, 0.2) is 10.9 Å². The molecule has 0 aliphatic carbocycles. The number of thioether (sulfide) groups is 1. The van der Waals surface area contributed by atoms with Crippen molar-refractivity contribution in [1.82, 2.24) is 19.3 Å². The molecule has 27 heavy (non-hydrogen) atoms. The summed E-state index contributed by atoms with van der Waals surface area (Å²) in [6.45, 7) is 12.4. The number of hydrogen-bond donors (Lipinski definition) is 0. The summed E-state index contributed by atoms with van der Waals surface area (Å²) in [6.07, 6.45) is 1.71. The zero-order valence-electron chi connectivity index (χ0n) is 16.8. The third-order valence-electron chi connectivity index (χ3n) is 4.91. The van der Waals surface area contributed by atoms with Crippen molar-refractivity contribution >= 4 is 17.5 Å². The number of carbonyl (C=O) groups is 1. The number of rotatable bonds is 6. The molecule has 5 nitrogen and oxygen atoms in total. The maximum absolute atomic E-state index is 12.9. The van der Waals surface area contributed by atoms with Crippen LogP contribution < -0.4 is 0 Å². The van der Waals surface area contributed by atoms with Crippen molar-refractivity contribution in [3.05, 3.63) is 58.7 Å². The second kappa shape index (κ2) is 7.72. The topological polar surface area (TPSA) is 52.7 Å². The van der Waals surface area contributed by atoms with E-state index in [-0.39, 0.29) is 11.8 Å². The van der Waals surface area contributed by atoms with Gasteiger partial charge in [0.05, 0.1) is 5.75 Å². The van der Waals surface area contributed by atoms with Gasteiger partial charge in [-0.3, -0.25) is 4.79 Å². The lowest BCUT2D eigenvalue weighted by atomic mass is 10.1. The number of hydrogen-bond acceptors (Lipinski definition) is 4. The highest BCUT2D eigenvalue weighted by atomic mass is 32.2. The lowest BCUT2D eigenvalue weighted by Gasteiger charge is -2.12. The van der Waals surface area contributed by atoms with Crippen LogP contribution in [0.2, 0.25) is 0 Å². The van der Waals surface area contributed by atoms with Crippen LogP contribution >= 0.6 is 11.8 Å². The summed E-state index contributed by atoms with van der Waals surface area (Å²) in [5.74, 6) is 0.462. The molecule has 0 amide bonds. The van der Waals surface area contributed by atoms with Crippen molar-refractivity contribution in [2.45, 2.75) is 52.7 Å². The molecule has 3 rings (SSSR count). The minimum atomic E-state index is 0.112. The van der Waals surface area contributed by atoms with Gasteiger partial charge in [-0.2, -0.15) is 0 Å². The monoisotopic (exact) mass is 382 g/mol. The van der Waals surface area contributed by atoms with Crippen LogP contribution in [0.4, 0.5) is 0 Å². The van der Waals surface area contributed by atoms with Crippen LogP contribution in [-0.4, -0.2) is 30.9 Å². The molecule has 3 aromatic rings. The molecule has 0 bridgehead atoms. The molecular formula is C21H26N4OS. The fraction of sp³-hybridized carbons (Fsp3) is 0.381. The maximum atomic E-state index is 12.9. The Hall–Kier alpha value is -2.34. The van der Waals surface area contributed by atoms with E-state index in [4.69, 9.17) is 0 Å². The molecule has 0 spiro atoms. The molecule has 1 aromatic carbocycles. The highest BCUT2D eigenvalue weighted by Gasteiger charge is 2.18. The SMILES string of the molecule is Cc1ccc(-n2c(C)cc(C(=O)CSc3nncn3C(C)C)c2C)cc1C. The minimum absolute atomic E-state index is 0.112. The number of Topliss-reactive ketones (excluding diaryl/α,β-unsaturated/α-hetero) is 1. The van der Waals surface area contributed by atoms with E-state index in [1.165, 1.54) is 22.9 Å². The van der Waals surface area contributed by atoms with Gasteiger partial charge >= 0.3 is 0 Å². The predicted octanol–water partition coefficient (Wildman–Crippen LogP) is 4.86. The van der Waals surface area contributed by atoms with E-state index in [0.717, 1.165) is 27.8 Å². The average molecular weight is 383 g/mol. The van der Waals surface area contributed by atoms with Gasteiger partial charge in [0.1, 0.15) is 6.33 Å². The van der Waals surface area contributed by atoms with Crippen LogP contribution in [0.3, 0.4) is 0 Å². The Morgan fingerprint density at radius 1 is 1.11 bits per heavy atom. The Morgan fingerprint density at radius 2 is 1.85 bits per heavy atom. The minimum Gasteiger partial charge on any atom is -0.318 e. The van der Waals surface area contributed by atoms with E-state index in [0.29, 0.717) is 5.75 Å². The molecule has 0 saturated carbocycles. The first-order valence-electron chi connectivity index (χ1n) is 9.11. The quantitative estimate of drug-likeness (QED) is 0.451. The van der Waals surface area contributed by atoms with Crippen molar-refractivity contribution in [2.24, 2.45) is 0 Å². The van der Waals surface area contributed by atoms with Crippen molar-refractivity contribution in [1.29, 1.82) is 0 Å².